The predicted octanol–water partition coefficient (Wildman–Crippen LogP) is 3.45. The van der Waals surface area contributed by atoms with Gasteiger partial charge in [-0.2, -0.15) is 4.98 Å². The Bertz CT molecular complexity index is 951. The number of hydrogen-bond acceptors (Lipinski definition) is 6. The second kappa shape index (κ2) is 8.56. The molecule has 1 atom stereocenters. The number of hydrogen-bond donors (Lipinski definition) is 1. The van der Waals surface area contributed by atoms with Crippen LogP contribution in [0.2, 0.25) is 0 Å². The molecule has 0 spiro atoms. The van der Waals surface area contributed by atoms with Crippen LogP contribution in [0.4, 0.5) is 0 Å². The summed E-state index contributed by atoms with van der Waals surface area (Å²) in [6.07, 6.45) is -0.648. The zero-order valence-corrected chi connectivity index (χ0v) is 16.4. The lowest BCUT2D eigenvalue weighted by molar-refractivity contribution is -0.127. The van der Waals surface area contributed by atoms with Crippen LogP contribution in [0.25, 0.3) is 11.4 Å². The number of methoxy groups -OCH3 is 1. The normalized spacial score (nSPS) is 11.7. The van der Waals surface area contributed by atoms with Crippen molar-refractivity contribution in [3.63, 3.8) is 0 Å². The molecule has 146 valence electrons. The van der Waals surface area contributed by atoms with E-state index in [0.29, 0.717) is 17.5 Å². The molecule has 1 heterocycles. The first-order valence-corrected chi connectivity index (χ1v) is 8.95. The summed E-state index contributed by atoms with van der Waals surface area (Å²) < 4.78 is 16.1. The fourth-order valence-electron chi connectivity index (χ4n) is 2.67. The number of nitrogens with zero attached hydrogens (tertiary/aromatic N) is 2. The molecule has 3 rings (SSSR count). The number of carbonyl (C=O) groups excluding carboxylic acids is 1. The van der Waals surface area contributed by atoms with Crippen LogP contribution in [0.3, 0.4) is 0 Å². The van der Waals surface area contributed by atoms with Gasteiger partial charge in [-0.3, -0.25) is 4.79 Å². The highest BCUT2D eigenvalue weighted by atomic mass is 16.5. The average Bonchev–Trinajstić information content (AvgIpc) is 3.17. The largest absolute Gasteiger partial charge is 0.497 e. The van der Waals surface area contributed by atoms with Crippen molar-refractivity contribution >= 4 is 5.91 Å². The van der Waals surface area contributed by atoms with Gasteiger partial charge in [-0.15, -0.1) is 0 Å². The number of amides is 1. The third-order valence-electron chi connectivity index (χ3n) is 4.23. The summed E-state index contributed by atoms with van der Waals surface area (Å²) in [4.78, 5) is 16.6. The Hall–Kier alpha value is -3.35. The molecule has 1 aromatic heterocycles. The molecule has 0 radical (unpaired) electrons. The van der Waals surface area contributed by atoms with E-state index in [1.807, 2.05) is 56.3 Å². The maximum absolute atomic E-state index is 12.3. The summed E-state index contributed by atoms with van der Waals surface area (Å²) in [5.74, 6) is 1.94. The van der Waals surface area contributed by atoms with Crippen LogP contribution in [0.5, 0.6) is 11.5 Å². The van der Waals surface area contributed by atoms with E-state index in [2.05, 4.69) is 15.5 Å². The summed E-state index contributed by atoms with van der Waals surface area (Å²) in [5, 5.41) is 6.70. The Labute approximate surface area is 163 Å². The number of ether oxygens (including phenoxy) is 2. The third kappa shape index (κ3) is 4.68. The van der Waals surface area contributed by atoms with Crippen molar-refractivity contribution in [3.8, 4) is 22.9 Å². The molecule has 0 aliphatic heterocycles. The molecule has 2 aromatic carbocycles. The molecule has 0 aliphatic rings. The standard InChI is InChI=1S/C21H23N3O4/c1-13-5-10-18(14(2)11-13)27-15(3)21(25)22-12-19-23-20(24-28-19)16-6-8-17(26-4)9-7-16/h5-11,15H,12H2,1-4H3,(H,22,25)/t15-/m0/s1. The van der Waals surface area contributed by atoms with E-state index in [1.165, 1.54) is 0 Å². The highest BCUT2D eigenvalue weighted by Crippen LogP contribution is 2.21. The Morgan fingerprint density at radius 1 is 1.18 bits per heavy atom. The van der Waals surface area contributed by atoms with E-state index in [9.17, 15) is 4.79 Å². The summed E-state index contributed by atoms with van der Waals surface area (Å²) in [6, 6.07) is 13.1. The first kappa shape index (κ1) is 19.4. The Balaban J connectivity index is 1.56. The van der Waals surface area contributed by atoms with E-state index in [4.69, 9.17) is 14.0 Å². The summed E-state index contributed by atoms with van der Waals surface area (Å²) in [7, 11) is 1.61. The molecule has 0 fully saturated rings. The van der Waals surface area contributed by atoms with Gasteiger partial charge < -0.3 is 19.3 Å². The molecule has 0 saturated carbocycles. The minimum Gasteiger partial charge on any atom is -0.497 e. The van der Waals surface area contributed by atoms with Gasteiger partial charge in [0.1, 0.15) is 11.5 Å². The molecule has 3 aromatic rings. The quantitative estimate of drug-likeness (QED) is 0.675. The zero-order chi connectivity index (χ0) is 20.1. The molecule has 28 heavy (non-hydrogen) atoms. The Morgan fingerprint density at radius 3 is 2.61 bits per heavy atom. The van der Waals surface area contributed by atoms with Crippen molar-refractivity contribution in [2.45, 2.75) is 33.4 Å². The molecule has 0 bridgehead atoms. The lowest BCUT2D eigenvalue weighted by Gasteiger charge is -2.16. The maximum atomic E-state index is 12.3. The number of nitrogens with one attached hydrogen (secondary N) is 1. The van der Waals surface area contributed by atoms with Crippen LogP contribution in [-0.4, -0.2) is 29.3 Å². The monoisotopic (exact) mass is 381 g/mol. The molecule has 0 aliphatic carbocycles. The van der Waals surface area contributed by atoms with Gasteiger partial charge in [0, 0.05) is 5.56 Å². The maximum Gasteiger partial charge on any atom is 0.261 e. The van der Waals surface area contributed by atoms with Crippen molar-refractivity contribution < 1.29 is 18.8 Å². The van der Waals surface area contributed by atoms with E-state index in [0.717, 1.165) is 22.4 Å². The van der Waals surface area contributed by atoms with Gasteiger partial charge in [0.25, 0.3) is 5.91 Å². The molecular weight excluding hydrogens is 358 g/mol. The minimum absolute atomic E-state index is 0.128. The lowest BCUT2D eigenvalue weighted by Crippen LogP contribution is -2.36. The van der Waals surface area contributed by atoms with Crippen LogP contribution in [0.15, 0.2) is 47.0 Å². The fourth-order valence-corrected chi connectivity index (χ4v) is 2.67. The first-order chi connectivity index (χ1) is 13.5. The van der Waals surface area contributed by atoms with Gasteiger partial charge in [-0.25, -0.2) is 0 Å². The fraction of sp³-hybridized carbons (Fsp3) is 0.286. The molecule has 7 heteroatoms. The first-order valence-electron chi connectivity index (χ1n) is 8.95. The van der Waals surface area contributed by atoms with E-state index in [-0.39, 0.29) is 12.5 Å². The van der Waals surface area contributed by atoms with Crippen LogP contribution in [0.1, 0.15) is 23.9 Å². The Morgan fingerprint density at radius 2 is 1.93 bits per heavy atom. The molecule has 7 nitrogen and oxygen atoms in total. The number of carbonyl (C=O) groups is 1. The molecular formula is C21H23N3O4. The van der Waals surface area contributed by atoms with Crippen molar-refractivity contribution in [3.05, 3.63) is 59.5 Å². The van der Waals surface area contributed by atoms with Crippen molar-refractivity contribution in [2.24, 2.45) is 0 Å². The molecule has 0 saturated heterocycles. The van der Waals surface area contributed by atoms with E-state index >= 15 is 0 Å². The summed E-state index contributed by atoms with van der Waals surface area (Å²) in [6.45, 7) is 5.79. The molecule has 0 unspecified atom stereocenters. The van der Waals surface area contributed by atoms with Gasteiger partial charge in [0.2, 0.25) is 11.7 Å². The third-order valence-corrected chi connectivity index (χ3v) is 4.23. The van der Waals surface area contributed by atoms with Crippen LogP contribution >= 0.6 is 0 Å². The highest BCUT2D eigenvalue weighted by Gasteiger charge is 2.17. The Kier molecular flexibility index (Phi) is 5.93. The minimum atomic E-state index is -0.648. The molecule has 1 N–H and O–H groups in total. The number of aryl methyl sites for hydroxylation is 2. The lowest BCUT2D eigenvalue weighted by atomic mass is 10.1. The van der Waals surface area contributed by atoms with Gasteiger partial charge in [0.05, 0.1) is 13.7 Å². The van der Waals surface area contributed by atoms with Crippen molar-refractivity contribution in [1.29, 1.82) is 0 Å². The summed E-state index contributed by atoms with van der Waals surface area (Å²) in [5.41, 5.74) is 2.93. The van der Waals surface area contributed by atoms with Crippen molar-refractivity contribution in [2.75, 3.05) is 7.11 Å². The average molecular weight is 381 g/mol. The topological polar surface area (TPSA) is 86.5 Å². The van der Waals surface area contributed by atoms with Crippen LogP contribution < -0.4 is 14.8 Å². The number of benzene rings is 2. The highest BCUT2D eigenvalue weighted by molar-refractivity contribution is 5.80. The van der Waals surface area contributed by atoms with Gasteiger partial charge in [-0.05, 0) is 56.7 Å². The zero-order valence-electron chi connectivity index (χ0n) is 16.4. The smallest absolute Gasteiger partial charge is 0.261 e. The predicted molar refractivity (Wildman–Crippen MR) is 104 cm³/mol. The SMILES string of the molecule is COc1ccc(-c2noc(CNC(=O)[C@H](C)Oc3ccc(C)cc3C)n2)cc1. The second-order valence-corrected chi connectivity index (χ2v) is 6.49. The second-order valence-electron chi connectivity index (χ2n) is 6.49. The van der Waals surface area contributed by atoms with E-state index < -0.39 is 6.10 Å². The summed E-state index contributed by atoms with van der Waals surface area (Å²) >= 11 is 0. The van der Waals surface area contributed by atoms with Gasteiger partial charge in [-0.1, -0.05) is 22.9 Å². The molecule has 1 amide bonds. The van der Waals surface area contributed by atoms with Crippen molar-refractivity contribution in [1.82, 2.24) is 15.5 Å². The van der Waals surface area contributed by atoms with Crippen LogP contribution in [0, 0.1) is 13.8 Å². The van der Waals surface area contributed by atoms with E-state index in [1.54, 1.807) is 14.0 Å². The van der Waals surface area contributed by atoms with Crippen LogP contribution in [-0.2, 0) is 11.3 Å². The van der Waals surface area contributed by atoms with Gasteiger partial charge in [0.15, 0.2) is 6.10 Å². The number of rotatable bonds is 7. The number of aromatic nitrogens is 2. The van der Waals surface area contributed by atoms with Gasteiger partial charge >= 0.3 is 0 Å².